The van der Waals surface area contributed by atoms with Crippen molar-refractivity contribution < 1.29 is 41.4 Å². The Hall–Kier alpha value is -1.83. The molecule has 1 N–H and O–H groups in total. The van der Waals surface area contributed by atoms with E-state index in [9.17, 15) is 22.5 Å². The molecule has 0 unspecified atom stereocenters. The van der Waals surface area contributed by atoms with E-state index in [-0.39, 0.29) is 30.6 Å². The summed E-state index contributed by atoms with van der Waals surface area (Å²) in [4.78, 5) is 11.8. The van der Waals surface area contributed by atoms with E-state index in [1.807, 2.05) is 0 Å². The summed E-state index contributed by atoms with van der Waals surface area (Å²) < 4.78 is 64.3. The highest BCUT2D eigenvalue weighted by atomic mass is 31.2. The van der Waals surface area contributed by atoms with E-state index < -0.39 is 31.7 Å². The Morgan fingerprint density at radius 3 is 2.36 bits per heavy atom. The molecule has 1 rings (SSSR count). The number of alkyl halides is 3. The maximum Gasteiger partial charge on any atom is 0.448 e. The molecule has 0 aliphatic heterocycles. The van der Waals surface area contributed by atoms with Gasteiger partial charge >= 0.3 is 13.8 Å². The largest absolute Gasteiger partial charge is 0.504 e. The van der Waals surface area contributed by atoms with Crippen LogP contribution < -0.4 is 4.74 Å². The molecule has 1 aromatic rings. The van der Waals surface area contributed by atoms with Gasteiger partial charge in [-0.3, -0.25) is 9.36 Å². The van der Waals surface area contributed by atoms with E-state index in [4.69, 9.17) is 18.9 Å². The van der Waals surface area contributed by atoms with Gasteiger partial charge in [0.15, 0.2) is 12.1 Å². The van der Waals surface area contributed by atoms with Crippen LogP contribution in [-0.4, -0.2) is 36.6 Å². The van der Waals surface area contributed by atoms with E-state index in [1.165, 1.54) is 18.2 Å². The van der Waals surface area contributed by atoms with Crippen LogP contribution in [0.5, 0.6) is 5.75 Å². The van der Waals surface area contributed by atoms with Crippen molar-refractivity contribution in [3.05, 3.63) is 41.7 Å². The molecule has 0 aliphatic rings. The summed E-state index contributed by atoms with van der Waals surface area (Å²) >= 11 is 0. The number of carbonyl (C=O) groups excluding carboxylic acids is 1. The molecule has 6 nitrogen and oxygen atoms in total. The number of ketones is 1. The van der Waals surface area contributed by atoms with Crippen molar-refractivity contribution in [2.45, 2.75) is 20.0 Å². The fourth-order valence-electron chi connectivity index (χ4n) is 1.69. The molecule has 0 aliphatic carbocycles. The van der Waals surface area contributed by atoms with E-state index in [2.05, 4.69) is 0 Å². The molecule has 1 aromatic carbocycles. The van der Waals surface area contributed by atoms with Gasteiger partial charge in [0.05, 0.1) is 13.2 Å². The second kappa shape index (κ2) is 9.03. The number of carbonyl (C=O) groups is 1. The first-order chi connectivity index (χ1) is 11.6. The predicted molar refractivity (Wildman–Crippen MR) is 83.9 cm³/mol. The average molecular weight is 382 g/mol. The maximum atomic E-state index is 12.3. The molecular weight excluding hydrogens is 364 g/mol. The van der Waals surface area contributed by atoms with Crippen molar-refractivity contribution in [3.63, 3.8) is 0 Å². The van der Waals surface area contributed by atoms with Gasteiger partial charge in [0, 0.05) is 11.6 Å². The smallest absolute Gasteiger partial charge is 0.448 e. The minimum absolute atomic E-state index is 0.0738. The Labute approximate surface area is 142 Å². The number of aliphatic hydroxyl groups is 1. The lowest BCUT2D eigenvalue weighted by Crippen LogP contribution is -2.13. The summed E-state index contributed by atoms with van der Waals surface area (Å²) in [7, 11) is -3.48. The summed E-state index contributed by atoms with van der Waals surface area (Å²) in [6.45, 7) is 3.54. The molecule has 0 saturated heterocycles. The lowest BCUT2D eigenvalue weighted by atomic mass is 10.1. The lowest BCUT2D eigenvalue weighted by molar-refractivity contribution is -0.120. The van der Waals surface area contributed by atoms with Crippen LogP contribution in [0.15, 0.2) is 36.1 Å². The Morgan fingerprint density at radius 1 is 1.24 bits per heavy atom. The number of hydrogen-bond acceptors (Lipinski definition) is 6. The number of ether oxygens (including phenoxy) is 1. The van der Waals surface area contributed by atoms with Crippen molar-refractivity contribution in [2.24, 2.45) is 0 Å². The van der Waals surface area contributed by atoms with Crippen LogP contribution in [0.4, 0.5) is 13.2 Å². The van der Waals surface area contributed by atoms with Gasteiger partial charge in [-0.2, -0.15) is 13.2 Å². The summed E-state index contributed by atoms with van der Waals surface area (Å²) in [5, 5.41) is 8.83. The van der Waals surface area contributed by atoms with Gasteiger partial charge in [-0.05, 0) is 26.0 Å². The maximum absolute atomic E-state index is 12.3. The number of rotatable bonds is 9. The summed E-state index contributed by atoms with van der Waals surface area (Å²) in [6.07, 6.45) is -5.36. The lowest BCUT2D eigenvalue weighted by Gasteiger charge is -2.17. The number of aliphatic hydroxyl groups excluding tert-OH is 1. The highest BCUT2D eigenvalue weighted by Gasteiger charge is 2.34. The van der Waals surface area contributed by atoms with Crippen molar-refractivity contribution in [1.29, 1.82) is 0 Å². The van der Waals surface area contributed by atoms with E-state index >= 15 is 0 Å². The molecule has 0 heterocycles. The third-order valence-electron chi connectivity index (χ3n) is 2.72. The number of benzene rings is 1. The normalized spacial score (nSPS) is 12.9. The number of allylic oxidation sites excluding steroid dienone is 2. The average Bonchev–Trinajstić information content (AvgIpc) is 2.53. The Bertz CT molecular complexity index is 661. The highest BCUT2D eigenvalue weighted by molar-refractivity contribution is 7.53. The zero-order valence-electron chi connectivity index (χ0n) is 13.6. The zero-order valence-corrected chi connectivity index (χ0v) is 14.5. The third-order valence-corrected chi connectivity index (χ3v) is 4.47. The molecule has 0 atom stereocenters. The molecule has 0 fully saturated rings. The van der Waals surface area contributed by atoms with Gasteiger partial charge < -0.3 is 18.9 Å². The van der Waals surface area contributed by atoms with Crippen molar-refractivity contribution in [3.8, 4) is 5.75 Å². The van der Waals surface area contributed by atoms with Crippen LogP contribution in [0.25, 0.3) is 0 Å². The SMILES string of the molecule is CCOP(=O)(COc1cccc(C(=O)/C=C(\O)C(F)(F)F)c1)OCC. The van der Waals surface area contributed by atoms with Crippen LogP contribution >= 0.6 is 7.60 Å². The Balaban J connectivity index is 2.88. The molecule has 0 radical (unpaired) electrons. The van der Waals surface area contributed by atoms with Crippen LogP contribution in [0.3, 0.4) is 0 Å². The Kier molecular flexibility index (Phi) is 7.66. The first kappa shape index (κ1) is 21.2. The molecule has 140 valence electrons. The van der Waals surface area contributed by atoms with Gasteiger partial charge in [-0.25, -0.2) is 0 Å². The summed E-state index contributed by atoms with van der Waals surface area (Å²) in [5.41, 5.74) is -0.143. The molecule has 0 saturated carbocycles. The summed E-state index contributed by atoms with van der Waals surface area (Å²) in [6, 6.07) is 5.20. The fraction of sp³-hybridized carbons (Fsp3) is 0.400. The second-order valence-electron chi connectivity index (χ2n) is 4.64. The zero-order chi connectivity index (χ0) is 19.1. The molecule has 0 bridgehead atoms. The van der Waals surface area contributed by atoms with Gasteiger partial charge in [0.1, 0.15) is 5.75 Å². The molecule has 25 heavy (non-hydrogen) atoms. The molecule has 10 heteroatoms. The van der Waals surface area contributed by atoms with Gasteiger partial charge in [-0.1, -0.05) is 12.1 Å². The topological polar surface area (TPSA) is 82.1 Å². The van der Waals surface area contributed by atoms with E-state index in [0.29, 0.717) is 0 Å². The highest BCUT2D eigenvalue weighted by Crippen LogP contribution is 2.47. The van der Waals surface area contributed by atoms with Gasteiger partial charge in [0.25, 0.3) is 0 Å². The van der Waals surface area contributed by atoms with Crippen LogP contribution in [0.2, 0.25) is 0 Å². The molecule has 0 spiro atoms. The fourth-order valence-corrected chi connectivity index (χ4v) is 3.00. The monoisotopic (exact) mass is 382 g/mol. The van der Waals surface area contributed by atoms with Crippen LogP contribution in [0.1, 0.15) is 24.2 Å². The minimum Gasteiger partial charge on any atom is -0.504 e. The van der Waals surface area contributed by atoms with Gasteiger partial charge in [0.2, 0.25) is 5.76 Å². The van der Waals surface area contributed by atoms with Crippen molar-refractivity contribution in [1.82, 2.24) is 0 Å². The van der Waals surface area contributed by atoms with E-state index in [1.54, 1.807) is 13.8 Å². The van der Waals surface area contributed by atoms with Gasteiger partial charge in [-0.15, -0.1) is 0 Å². The number of halogens is 3. The predicted octanol–water partition coefficient (Wildman–Crippen LogP) is 4.48. The Morgan fingerprint density at radius 2 is 1.84 bits per heavy atom. The standard InChI is InChI=1S/C15H18F3O6P/c1-3-23-25(21,24-4-2)10-22-12-7-5-6-11(8-12)13(19)9-14(20)15(16,17)18/h5-9,20H,3-4,10H2,1-2H3/b14-9-. The van der Waals surface area contributed by atoms with Crippen LogP contribution in [-0.2, 0) is 13.6 Å². The number of hydrogen-bond donors (Lipinski definition) is 1. The van der Waals surface area contributed by atoms with Crippen molar-refractivity contribution >= 4 is 13.4 Å². The third kappa shape index (κ3) is 6.89. The second-order valence-corrected chi connectivity index (χ2v) is 6.64. The molecule has 0 aromatic heterocycles. The van der Waals surface area contributed by atoms with E-state index in [0.717, 1.165) is 6.07 Å². The molecular formula is C15H18F3O6P. The first-order valence-electron chi connectivity index (χ1n) is 7.24. The van der Waals surface area contributed by atoms with Crippen LogP contribution in [0, 0.1) is 0 Å². The molecule has 0 amide bonds. The van der Waals surface area contributed by atoms with Crippen molar-refractivity contribution in [2.75, 3.05) is 19.6 Å². The quantitative estimate of drug-likeness (QED) is 0.294. The summed E-state index contributed by atoms with van der Waals surface area (Å²) in [5.74, 6) is -2.97. The first-order valence-corrected chi connectivity index (χ1v) is 8.97. The minimum atomic E-state index is -5.01.